The highest BCUT2D eigenvalue weighted by molar-refractivity contribution is 5.78. The predicted molar refractivity (Wildman–Crippen MR) is 57.4 cm³/mol. The maximum Gasteiger partial charge on any atom is 0.338 e. The van der Waals surface area contributed by atoms with Gasteiger partial charge < -0.3 is 15.2 Å². The normalized spacial score (nSPS) is 28.3. The third kappa shape index (κ3) is 3.47. The molecule has 1 aliphatic carbocycles. The molecule has 1 saturated carbocycles. The monoisotopic (exact) mass is 215 g/mol. The van der Waals surface area contributed by atoms with Crippen LogP contribution in [0.25, 0.3) is 0 Å². The van der Waals surface area contributed by atoms with Gasteiger partial charge in [-0.25, -0.2) is 4.79 Å². The van der Waals surface area contributed by atoms with E-state index in [4.69, 9.17) is 0 Å². The van der Waals surface area contributed by atoms with Crippen molar-refractivity contribution in [1.82, 2.24) is 5.32 Å². The fourth-order valence-corrected chi connectivity index (χ4v) is 1.81. The first kappa shape index (κ1) is 12.5. The molecular weight excluding hydrogens is 194 g/mol. The number of rotatable bonds is 6. The van der Waals surface area contributed by atoms with E-state index in [-0.39, 0.29) is 6.54 Å². The second-order valence-electron chi connectivity index (χ2n) is 4.54. The number of hydrogen-bond donors (Lipinski definition) is 2. The molecule has 88 valence electrons. The first-order chi connectivity index (χ1) is 7.01. The Morgan fingerprint density at radius 2 is 2.33 bits per heavy atom. The molecule has 15 heavy (non-hydrogen) atoms. The highest BCUT2D eigenvalue weighted by Crippen LogP contribution is 2.34. The first-order valence-electron chi connectivity index (χ1n) is 5.55. The van der Waals surface area contributed by atoms with Crippen LogP contribution in [0.3, 0.4) is 0 Å². The minimum Gasteiger partial charge on any atom is -0.467 e. The zero-order valence-electron chi connectivity index (χ0n) is 9.75. The van der Waals surface area contributed by atoms with E-state index < -0.39 is 11.6 Å². The summed E-state index contributed by atoms with van der Waals surface area (Å²) in [5.74, 6) is 0.145. The average Bonchev–Trinajstić information content (AvgIpc) is 2.93. The van der Waals surface area contributed by atoms with Gasteiger partial charge in [0.15, 0.2) is 5.60 Å². The van der Waals surface area contributed by atoms with Crippen LogP contribution in [0.1, 0.15) is 33.1 Å². The van der Waals surface area contributed by atoms with Crippen molar-refractivity contribution < 1.29 is 14.6 Å². The van der Waals surface area contributed by atoms with Gasteiger partial charge in [0.25, 0.3) is 0 Å². The average molecular weight is 215 g/mol. The van der Waals surface area contributed by atoms with E-state index >= 15 is 0 Å². The van der Waals surface area contributed by atoms with Gasteiger partial charge in [0.2, 0.25) is 0 Å². The van der Waals surface area contributed by atoms with Gasteiger partial charge in [0.1, 0.15) is 0 Å². The molecule has 1 fully saturated rings. The molecule has 3 atom stereocenters. The van der Waals surface area contributed by atoms with Gasteiger partial charge in [0.05, 0.1) is 7.11 Å². The first-order valence-corrected chi connectivity index (χ1v) is 5.55. The van der Waals surface area contributed by atoms with Crippen molar-refractivity contribution in [3.8, 4) is 0 Å². The Kier molecular flexibility index (Phi) is 4.11. The minimum absolute atomic E-state index is 0.268. The third-order valence-corrected chi connectivity index (χ3v) is 2.92. The van der Waals surface area contributed by atoms with E-state index in [2.05, 4.69) is 17.0 Å². The van der Waals surface area contributed by atoms with E-state index in [0.717, 1.165) is 12.3 Å². The maximum absolute atomic E-state index is 11.2. The Hall–Kier alpha value is -0.610. The Morgan fingerprint density at radius 3 is 2.87 bits per heavy atom. The van der Waals surface area contributed by atoms with Crippen LogP contribution in [0.2, 0.25) is 0 Å². The van der Waals surface area contributed by atoms with Crippen molar-refractivity contribution in [3.63, 3.8) is 0 Å². The SMILES string of the molecule is CCCC1CC1NCC(C)(O)C(=O)OC. The van der Waals surface area contributed by atoms with Crippen molar-refractivity contribution in [1.29, 1.82) is 0 Å². The molecule has 0 aromatic carbocycles. The Bertz CT molecular complexity index is 228. The van der Waals surface area contributed by atoms with Crippen LogP contribution in [0, 0.1) is 5.92 Å². The lowest BCUT2D eigenvalue weighted by Gasteiger charge is -2.20. The standard InChI is InChI=1S/C11H21NO3/c1-4-5-8-6-9(8)12-7-11(2,14)10(13)15-3/h8-9,12,14H,4-7H2,1-3H3. The van der Waals surface area contributed by atoms with E-state index in [1.807, 2.05) is 0 Å². The number of nitrogens with one attached hydrogen (secondary N) is 1. The maximum atomic E-state index is 11.2. The van der Waals surface area contributed by atoms with Crippen LogP contribution in [0.5, 0.6) is 0 Å². The molecule has 0 saturated heterocycles. The molecule has 2 N–H and O–H groups in total. The number of esters is 1. The summed E-state index contributed by atoms with van der Waals surface area (Å²) in [4.78, 5) is 11.2. The number of aliphatic hydroxyl groups is 1. The zero-order chi connectivity index (χ0) is 11.5. The van der Waals surface area contributed by atoms with Gasteiger partial charge in [-0.3, -0.25) is 0 Å². The van der Waals surface area contributed by atoms with Gasteiger partial charge in [-0.15, -0.1) is 0 Å². The molecule has 0 radical (unpaired) electrons. The highest BCUT2D eigenvalue weighted by Gasteiger charge is 2.39. The van der Waals surface area contributed by atoms with Crippen LogP contribution in [0.15, 0.2) is 0 Å². The number of methoxy groups -OCH3 is 1. The molecule has 0 aromatic rings. The van der Waals surface area contributed by atoms with Gasteiger partial charge in [0, 0.05) is 12.6 Å². The molecule has 3 unspecified atom stereocenters. The summed E-state index contributed by atoms with van der Waals surface area (Å²) in [6.07, 6.45) is 3.57. The highest BCUT2D eigenvalue weighted by atomic mass is 16.5. The third-order valence-electron chi connectivity index (χ3n) is 2.92. The summed E-state index contributed by atoms with van der Waals surface area (Å²) < 4.78 is 4.51. The lowest BCUT2D eigenvalue weighted by molar-refractivity contribution is -0.159. The molecule has 4 nitrogen and oxygen atoms in total. The lowest BCUT2D eigenvalue weighted by atomic mass is 10.1. The predicted octanol–water partition coefficient (Wildman–Crippen LogP) is 0.689. The molecule has 0 bridgehead atoms. The van der Waals surface area contributed by atoms with Crippen LogP contribution >= 0.6 is 0 Å². The van der Waals surface area contributed by atoms with Crippen LogP contribution in [-0.2, 0) is 9.53 Å². The number of hydrogen-bond acceptors (Lipinski definition) is 4. The zero-order valence-corrected chi connectivity index (χ0v) is 9.75. The van der Waals surface area contributed by atoms with E-state index in [0.29, 0.717) is 6.04 Å². The molecule has 1 rings (SSSR count). The van der Waals surface area contributed by atoms with Crippen molar-refractivity contribution >= 4 is 5.97 Å². The van der Waals surface area contributed by atoms with Crippen molar-refractivity contribution in [3.05, 3.63) is 0 Å². The van der Waals surface area contributed by atoms with Crippen LogP contribution < -0.4 is 5.32 Å². The Balaban J connectivity index is 2.23. The fraction of sp³-hybridized carbons (Fsp3) is 0.909. The topological polar surface area (TPSA) is 58.6 Å². The molecule has 0 amide bonds. The summed E-state index contributed by atoms with van der Waals surface area (Å²) in [7, 11) is 1.29. The van der Waals surface area contributed by atoms with E-state index in [1.165, 1.54) is 26.9 Å². The van der Waals surface area contributed by atoms with Crippen molar-refractivity contribution in [2.45, 2.75) is 44.8 Å². The van der Waals surface area contributed by atoms with Gasteiger partial charge >= 0.3 is 5.97 Å². The smallest absolute Gasteiger partial charge is 0.338 e. The van der Waals surface area contributed by atoms with E-state index in [9.17, 15) is 9.90 Å². The van der Waals surface area contributed by atoms with Crippen LogP contribution in [-0.4, -0.2) is 36.4 Å². The van der Waals surface area contributed by atoms with Gasteiger partial charge in [-0.1, -0.05) is 13.3 Å². The Labute approximate surface area is 91.0 Å². The Morgan fingerprint density at radius 1 is 1.67 bits per heavy atom. The van der Waals surface area contributed by atoms with E-state index in [1.54, 1.807) is 0 Å². The number of carbonyl (C=O) groups excluding carboxylic acids is 1. The van der Waals surface area contributed by atoms with Gasteiger partial charge in [-0.05, 0) is 25.7 Å². The number of carbonyl (C=O) groups is 1. The second-order valence-corrected chi connectivity index (χ2v) is 4.54. The van der Waals surface area contributed by atoms with Gasteiger partial charge in [-0.2, -0.15) is 0 Å². The summed E-state index contributed by atoms with van der Waals surface area (Å²) in [6.45, 7) is 3.91. The number of ether oxygens (including phenoxy) is 1. The summed E-state index contributed by atoms with van der Waals surface area (Å²) in [5.41, 5.74) is -1.41. The summed E-state index contributed by atoms with van der Waals surface area (Å²) >= 11 is 0. The largest absolute Gasteiger partial charge is 0.467 e. The lowest BCUT2D eigenvalue weighted by Crippen LogP contribution is -2.46. The summed E-state index contributed by atoms with van der Waals surface area (Å²) in [5, 5.41) is 12.9. The second kappa shape index (κ2) is 4.94. The van der Waals surface area contributed by atoms with Crippen molar-refractivity contribution in [2.24, 2.45) is 5.92 Å². The quantitative estimate of drug-likeness (QED) is 0.640. The fourth-order valence-electron chi connectivity index (χ4n) is 1.81. The molecule has 0 aromatic heterocycles. The molecular formula is C11H21NO3. The molecule has 4 heteroatoms. The minimum atomic E-state index is -1.41. The molecule has 0 aliphatic heterocycles. The molecule has 0 spiro atoms. The van der Waals surface area contributed by atoms with Crippen LogP contribution in [0.4, 0.5) is 0 Å². The summed E-state index contributed by atoms with van der Waals surface area (Å²) in [6, 6.07) is 0.473. The van der Waals surface area contributed by atoms with Crippen molar-refractivity contribution in [2.75, 3.05) is 13.7 Å². The molecule has 1 aliphatic rings. The molecule has 0 heterocycles.